The topological polar surface area (TPSA) is 20.3 Å². The van der Waals surface area contributed by atoms with Crippen molar-refractivity contribution < 1.29 is 4.79 Å². The molecule has 1 aliphatic heterocycles. The Hall–Kier alpha value is -0.370. The van der Waals surface area contributed by atoms with E-state index in [1.807, 2.05) is 0 Å². The van der Waals surface area contributed by atoms with E-state index in [-0.39, 0.29) is 0 Å². The molecule has 0 N–H and O–H groups in total. The smallest absolute Gasteiger partial charge is 0.133 e. The fourth-order valence-electron chi connectivity index (χ4n) is 1.96. The van der Waals surface area contributed by atoms with E-state index in [1.165, 1.54) is 0 Å². The number of ketones is 1. The van der Waals surface area contributed by atoms with Crippen LogP contribution in [0.3, 0.4) is 0 Å². The average molecular weight is 155 g/mol. The van der Waals surface area contributed by atoms with Crippen LogP contribution in [0.5, 0.6) is 0 Å². The highest BCUT2D eigenvalue weighted by Gasteiger charge is 2.26. The summed E-state index contributed by atoms with van der Waals surface area (Å²) in [6.45, 7) is 6.03. The van der Waals surface area contributed by atoms with Crippen LogP contribution in [0.2, 0.25) is 0 Å². The van der Waals surface area contributed by atoms with Crippen molar-refractivity contribution >= 4 is 5.78 Å². The van der Waals surface area contributed by atoms with Crippen LogP contribution in [0.4, 0.5) is 0 Å². The van der Waals surface area contributed by atoms with Crippen molar-refractivity contribution in [1.82, 2.24) is 4.90 Å². The summed E-state index contributed by atoms with van der Waals surface area (Å²) >= 11 is 0. The van der Waals surface area contributed by atoms with Crippen molar-refractivity contribution in [3.05, 3.63) is 0 Å². The number of hydrogen-bond acceptors (Lipinski definition) is 2. The molecule has 1 saturated heterocycles. The Morgan fingerprint density at radius 3 is 2.64 bits per heavy atom. The van der Waals surface area contributed by atoms with Gasteiger partial charge in [0.15, 0.2) is 0 Å². The molecule has 2 nitrogen and oxygen atoms in total. The van der Waals surface area contributed by atoms with Gasteiger partial charge >= 0.3 is 0 Å². The maximum Gasteiger partial charge on any atom is 0.133 e. The fourth-order valence-corrected chi connectivity index (χ4v) is 1.96. The maximum absolute atomic E-state index is 11.1. The number of carbonyl (C=O) groups is 1. The van der Waals surface area contributed by atoms with E-state index in [0.717, 1.165) is 19.5 Å². The lowest BCUT2D eigenvalue weighted by molar-refractivity contribution is -0.123. The zero-order valence-electron chi connectivity index (χ0n) is 7.63. The molecular formula is C9H17NO. The number of rotatable bonds is 1. The van der Waals surface area contributed by atoms with E-state index < -0.39 is 0 Å². The number of likely N-dealkylation sites (tertiary alicyclic amines) is 1. The lowest BCUT2D eigenvalue weighted by Gasteiger charge is -2.33. The Labute approximate surface area is 68.6 Å². The molecule has 2 atom stereocenters. The van der Waals surface area contributed by atoms with Crippen LogP contribution >= 0.6 is 0 Å². The summed E-state index contributed by atoms with van der Waals surface area (Å²) in [6, 6.07) is 0. The Kier molecular flexibility index (Phi) is 2.66. The van der Waals surface area contributed by atoms with Crippen molar-refractivity contribution in [2.75, 3.05) is 20.1 Å². The summed E-state index contributed by atoms with van der Waals surface area (Å²) < 4.78 is 0. The molecule has 1 fully saturated rings. The first-order valence-corrected chi connectivity index (χ1v) is 4.30. The molecule has 0 bridgehead atoms. The first-order valence-electron chi connectivity index (χ1n) is 4.30. The molecular weight excluding hydrogens is 138 g/mol. The van der Waals surface area contributed by atoms with Crippen molar-refractivity contribution in [2.45, 2.75) is 20.3 Å². The van der Waals surface area contributed by atoms with Crippen molar-refractivity contribution in [1.29, 1.82) is 0 Å². The molecule has 0 radical (unpaired) electrons. The second kappa shape index (κ2) is 3.35. The third kappa shape index (κ3) is 2.03. The van der Waals surface area contributed by atoms with Gasteiger partial charge in [-0.3, -0.25) is 4.79 Å². The van der Waals surface area contributed by atoms with E-state index in [9.17, 15) is 4.79 Å². The van der Waals surface area contributed by atoms with Crippen LogP contribution < -0.4 is 0 Å². The van der Waals surface area contributed by atoms with Gasteiger partial charge in [-0.05, 0) is 32.9 Å². The van der Waals surface area contributed by atoms with Crippen LogP contribution in [0.25, 0.3) is 0 Å². The molecule has 0 amide bonds. The molecule has 0 aromatic heterocycles. The zero-order chi connectivity index (χ0) is 8.43. The number of nitrogens with zero attached hydrogens (tertiary/aromatic N) is 1. The second-order valence-electron chi connectivity index (χ2n) is 3.75. The Balaban J connectivity index is 2.50. The summed E-state index contributed by atoms with van der Waals surface area (Å²) in [6.07, 6.45) is 1.05. The van der Waals surface area contributed by atoms with Gasteiger partial charge in [-0.2, -0.15) is 0 Å². The van der Waals surface area contributed by atoms with E-state index in [2.05, 4.69) is 18.9 Å². The number of carbonyl (C=O) groups excluding carboxylic acids is 1. The van der Waals surface area contributed by atoms with E-state index in [1.54, 1.807) is 6.92 Å². The van der Waals surface area contributed by atoms with E-state index in [0.29, 0.717) is 17.6 Å². The quantitative estimate of drug-likeness (QED) is 0.566. The third-order valence-electron chi connectivity index (χ3n) is 2.63. The summed E-state index contributed by atoms with van der Waals surface area (Å²) in [5, 5.41) is 0. The monoisotopic (exact) mass is 155 g/mol. The molecule has 0 saturated carbocycles. The van der Waals surface area contributed by atoms with Crippen LogP contribution in [-0.2, 0) is 4.79 Å². The third-order valence-corrected chi connectivity index (χ3v) is 2.63. The molecule has 2 unspecified atom stereocenters. The molecule has 1 aliphatic rings. The predicted octanol–water partition coefficient (Wildman–Crippen LogP) is 1.16. The van der Waals surface area contributed by atoms with Gasteiger partial charge in [0.2, 0.25) is 0 Å². The van der Waals surface area contributed by atoms with Gasteiger partial charge in [-0.15, -0.1) is 0 Å². The molecule has 0 aliphatic carbocycles. The van der Waals surface area contributed by atoms with Crippen LogP contribution in [-0.4, -0.2) is 30.8 Å². The summed E-state index contributed by atoms with van der Waals surface area (Å²) in [5.74, 6) is 1.24. The van der Waals surface area contributed by atoms with Gasteiger partial charge in [-0.25, -0.2) is 0 Å². The SMILES string of the molecule is CC(=O)C1CCN(C)CC1C. The number of piperidine rings is 1. The Morgan fingerprint density at radius 1 is 1.55 bits per heavy atom. The van der Waals surface area contributed by atoms with E-state index >= 15 is 0 Å². The summed E-state index contributed by atoms with van der Waals surface area (Å²) in [5.41, 5.74) is 0. The molecule has 1 heterocycles. The number of hydrogen-bond donors (Lipinski definition) is 0. The molecule has 0 aromatic carbocycles. The molecule has 2 heteroatoms. The Bertz CT molecular complexity index is 156. The zero-order valence-corrected chi connectivity index (χ0v) is 7.63. The predicted molar refractivity (Wildman–Crippen MR) is 45.4 cm³/mol. The highest BCUT2D eigenvalue weighted by atomic mass is 16.1. The molecule has 11 heavy (non-hydrogen) atoms. The van der Waals surface area contributed by atoms with Gasteiger partial charge in [0, 0.05) is 12.5 Å². The van der Waals surface area contributed by atoms with Crippen LogP contribution in [0.15, 0.2) is 0 Å². The minimum absolute atomic E-state index is 0.325. The minimum Gasteiger partial charge on any atom is -0.306 e. The highest BCUT2D eigenvalue weighted by molar-refractivity contribution is 5.78. The lowest BCUT2D eigenvalue weighted by Crippen LogP contribution is -2.39. The fraction of sp³-hybridized carbons (Fsp3) is 0.889. The summed E-state index contributed by atoms with van der Waals surface area (Å²) in [4.78, 5) is 13.4. The normalized spacial score (nSPS) is 33.7. The second-order valence-corrected chi connectivity index (χ2v) is 3.75. The highest BCUT2D eigenvalue weighted by Crippen LogP contribution is 2.22. The van der Waals surface area contributed by atoms with Crippen molar-refractivity contribution in [3.63, 3.8) is 0 Å². The Morgan fingerprint density at radius 2 is 2.18 bits per heavy atom. The molecule has 0 spiro atoms. The molecule has 64 valence electrons. The first-order chi connectivity index (χ1) is 5.11. The largest absolute Gasteiger partial charge is 0.306 e. The van der Waals surface area contributed by atoms with Crippen molar-refractivity contribution in [2.24, 2.45) is 11.8 Å². The van der Waals surface area contributed by atoms with E-state index in [4.69, 9.17) is 0 Å². The van der Waals surface area contributed by atoms with Gasteiger partial charge in [0.25, 0.3) is 0 Å². The molecule has 0 aromatic rings. The van der Waals surface area contributed by atoms with Crippen LogP contribution in [0, 0.1) is 11.8 Å². The number of Topliss-reactive ketones (excluding diaryl/α,β-unsaturated/α-hetero) is 1. The van der Waals surface area contributed by atoms with Crippen molar-refractivity contribution in [3.8, 4) is 0 Å². The summed E-state index contributed by atoms with van der Waals surface area (Å²) in [7, 11) is 2.12. The average Bonchev–Trinajstić information content (AvgIpc) is 1.85. The molecule has 1 rings (SSSR count). The van der Waals surface area contributed by atoms with Crippen LogP contribution in [0.1, 0.15) is 20.3 Å². The van der Waals surface area contributed by atoms with Gasteiger partial charge < -0.3 is 4.90 Å². The minimum atomic E-state index is 0.325. The standard InChI is InChI=1S/C9H17NO/c1-7-6-10(3)5-4-9(7)8(2)11/h7,9H,4-6H2,1-3H3. The maximum atomic E-state index is 11.1. The van der Waals surface area contributed by atoms with Gasteiger partial charge in [0.05, 0.1) is 0 Å². The van der Waals surface area contributed by atoms with Gasteiger partial charge in [-0.1, -0.05) is 6.92 Å². The first kappa shape index (κ1) is 8.72. The lowest BCUT2D eigenvalue weighted by atomic mass is 9.84. The van der Waals surface area contributed by atoms with Gasteiger partial charge in [0.1, 0.15) is 5.78 Å².